The minimum absolute atomic E-state index is 0.101. The fourth-order valence-corrected chi connectivity index (χ4v) is 4.37. The normalized spacial score (nSPS) is 12.4. The second kappa shape index (κ2) is 9.46. The summed E-state index contributed by atoms with van der Waals surface area (Å²) in [4.78, 5) is 17.5. The summed E-state index contributed by atoms with van der Waals surface area (Å²) in [5.74, 6) is 0.722. The van der Waals surface area contributed by atoms with Crippen molar-refractivity contribution in [1.29, 1.82) is 0 Å². The summed E-state index contributed by atoms with van der Waals surface area (Å²) in [5, 5.41) is 3.00. The lowest BCUT2D eigenvalue weighted by atomic mass is 10.1. The third-order valence-corrected chi connectivity index (χ3v) is 5.89. The number of imidazole rings is 1. The Kier molecular flexibility index (Phi) is 6.46. The fraction of sp³-hybridized carbons (Fsp3) is 0.200. The standard InChI is InChI=1S/C25H26N4O3S/c1-18(19-9-8-10-20(17-19)28-33(2,31)32)26-25(30)16-15-24-27-22-13-6-7-14-23(22)29(24)21-11-4-3-5-12-21/h3-14,17-18,28H,15-16H2,1-2H3,(H,26,30). The summed E-state index contributed by atoms with van der Waals surface area (Å²) >= 11 is 0. The molecular formula is C25H26N4O3S. The molecule has 4 aromatic rings. The molecule has 1 unspecified atom stereocenters. The third-order valence-electron chi connectivity index (χ3n) is 5.29. The number of sulfonamides is 1. The molecule has 0 spiro atoms. The molecule has 7 nitrogen and oxygen atoms in total. The Hall–Kier alpha value is -3.65. The molecule has 1 heterocycles. The molecule has 1 amide bonds. The van der Waals surface area contributed by atoms with Gasteiger partial charge in [-0.1, -0.05) is 42.5 Å². The van der Waals surface area contributed by atoms with E-state index in [1.165, 1.54) is 0 Å². The molecule has 2 N–H and O–H groups in total. The molecule has 0 bridgehead atoms. The lowest BCUT2D eigenvalue weighted by Crippen LogP contribution is -2.27. The largest absolute Gasteiger partial charge is 0.350 e. The number of rotatable bonds is 8. The van der Waals surface area contributed by atoms with Crippen LogP contribution in [0.2, 0.25) is 0 Å². The highest BCUT2D eigenvalue weighted by Crippen LogP contribution is 2.23. The zero-order chi connectivity index (χ0) is 23.4. The van der Waals surface area contributed by atoms with E-state index in [1.807, 2.05) is 67.6 Å². The molecule has 0 aliphatic carbocycles. The van der Waals surface area contributed by atoms with Crippen molar-refractivity contribution in [1.82, 2.24) is 14.9 Å². The van der Waals surface area contributed by atoms with Crippen LogP contribution in [0, 0.1) is 0 Å². The number of anilines is 1. The predicted molar refractivity (Wildman–Crippen MR) is 131 cm³/mol. The van der Waals surface area contributed by atoms with Crippen LogP contribution < -0.4 is 10.0 Å². The number of hydrogen-bond acceptors (Lipinski definition) is 4. The minimum Gasteiger partial charge on any atom is -0.350 e. The number of fused-ring (bicyclic) bond motifs is 1. The van der Waals surface area contributed by atoms with Gasteiger partial charge in [0.25, 0.3) is 0 Å². The second-order valence-corrected chi connectivity index (χ2v) is 9.73. The highest BCUT2D eigenvalue weighted by molar-refractivity contribution is 7.92. The predicted octanol–water partition coefficient (Wildman–Crippen LogP) is 4.21. The van der Waals surface area contributed by atoms with Gasteiger partial charge in [-0.05, 0) is 48.9 Å². The van der Waals surface area contributed by atoms with E-state index in [4.69, 9.17) is 4.98 Å². The van der Waals surface area contributed by atoms with E-state index in [2.05, 4.69) is 14.6 Å². The first-order valence-electron chi connectivity index (χ1n) is 10.7. The van der Waals surface area contributed by atoms with Gasteiger partial charge >= 0.3 is 0 Å². The number of nitrogens with one attached hydrogen (secondary N) is 2. The number of carbonyl (C=O) groups excluding carboxylic acids is 1. The van der Waals surface area contributed by atoms with Gasteiger partial charge in [0.05, 0.1) is 23.3 Å². The highest BCUT2D eigenvalue weighted by atomic mass is 32.2. The van der Waals surface area contributed by atoms with Crippen molar-refractivity contribution in [2.45, 2.75) is 25.8 Å². The van der Waals surface area contributed by atoms with Gasteiger partial charge in [-0.25, -0.2) is 13.4 Å². The summed E-state index contributed by atoms with van der Waals surface area (Å²) in [6.07, 6.45) is 1.87. The van der Waals surface area contributed by atoms with Crippen LogP contribution in [0.25, 0.3) is 16.7 Å². The smallest absolute Gasteiger partial charge is 0.229 e. The van der Waals surface area contributed by atoms with Gasteiger partial charge in [0.1, 0.15) is 5.82 Å². The maximum Gasteiger partial charge on any atom is 0.229 e. The molecule has 3 aromatic carbocycles. The quantitative estimate of drug-likeness (QED) is 0.410. The van der Waals surface area contributed by atoms with Gasteiger partial charge in [0.2, 0.25) is 15.9 Å². The molecule has 0 radical (unpaired) electrons. The molecule has 0 saturated carbocycles. The van der Waals surface area contributed by atoms with Crippen molar-refractivity contribution in [2.24, 2.45) is 0 Å². The van der Waals surface area contributed by atoms with Gasteiger partial charge < -0.3 is 5.32 Å². The summed E-state index contributed by atoms with van der Waals surface area (Å²) in [6.45, 7) is 1.87. The van der Waals surface area contributed by atoms with Gasteiger partial charge in [0.15, 0.2) is 0 Å². The SMILES string of the molecule is CC(NC(=O)CCc1nc2ccccc2n1-c1ccccc1)c1cccc(NS(C)(=O)=O)c1. The van der Waals surface area contributed by atoms with Crippen LogP contribution >= 0.6 is 0 Å². The summed E-state index contributed by atoms with van der Waals surface area (Å²) < 4.78 is 27.5. The summed E-state index contributed by atoms with van der Waals surface area (Å²) in [7, 11) is -3.37. The van der Waals surface area contributed by atoms with E-state index in [-0.39, 0.29) is 18.4 Å². The van der Waals surface area contributed by atoms with E-state index < -0.39 is 10.0 Å². The molecule has 170 valence electrons. The molecule has 0 aliphatic heterocycles. The molecule has 1 atom stereocenters. The Morgan fingerprint density at radius 3 is 2.48 bits per heavy atom. The maximum absolute atomic E-state index is 12.7. The van der Waals surface area contributed by atoms with Crippen LogP contribution in [0.4, 0.5) is 5.69 Å². The molecule has 8 heteroatoms. The van der Waals surface area contributed by atoms with Crippen LogP contribution in [-0.2, 0) is 21.2 Å². The fourth-order valence-electron chi connectivity index (χ4n) is 3.82. The van der Waals surface area contributed by atoms with Crippen molar-refractivity contribution >= 4 is 32.7 Å². The minimum atomic E-state index is -3.37. The number of amides is 1. The van der Waals surface area contributed by atoms with E-state index >= 15 is 0 Å². The molecule has 0 saturated heterocycles. The maximum atomic E-state index is 12.7. The summed E-state index contributed by atoms with van der Waals surface area (Å²) in [6, 6.07) is 24.7. The average molecular weight is 463 g/mol. The van der Waals surface area contributed by atoms with Crippen LogP contribution in [0.3, 0.4) is 0 Å². The zero-order valence-corrected chi connectivity index (χ0v) is 19.3. The van der Waals surface area contributed by atoms with E-state index in [1.54, 1.807) is 18.2 Å². The van der Waals surface area contributed by atoms with E-state index in [0.29, 0.717) is 12.1 Å². The van der Waals surface area contributed by atoms with Crippen molar-refractivity contribution in [2.75, 3.05) is 11.0 Å². The average Bonchev–Trinajstić information content (AvgIpc) is 3.16. The lowest BCUT2D eigenvalue weighted by Gasteiger charge is -2.16. The molecule has 0 aliphatic rings. The third kappa shape index (κ3) is 5.59. The first-order chi connectivity index (χ1) is 15.8. The molecule has 4 rings (SSSR count). The van der Waals surface area contributed by atoms with Crippen LogP contribution in [0.1, 0.15) is 30.8 Å². The Morgan fingerprint density at radius 1 is 1.00 bits per heavy atom. The first kappa shape index (κ1) is 22.5. The van der Waals surface area contributed by atoms with E-state index in [0.717, 1.165) is 34.4 Å². The molecule has 0 fully saturated rings. The van der Waals surface area contributed by atoms with Crippen LogP contribution in [0.5, 0.6) is 0 Å². The number of aryl methyl sites for hydroxylation is 1. The molecule has 1 aromatic heterocycles. The molecular weight excluding hydrogens is 436 g/mol. The Morgan fingerprint density at radius 2 is 1.73 bits per heavy atom. The molecule has 33 heavy (non-hydrogen) atoms. The number of hydrogen-bond donors (Lipinski definition) is 2. The van der Waals surface area contributed by atoms with Crippen molar-refractivity contribution < 1.29 is 13.2 Å². The number of aromatic nitrogens is 2. The zero-order valence-electron chi connectivity index (χ0n) is 18.5. The van der Waals surface area contributed by atoms with Gasteiger partial charge in [-0.15, -0.1) is 0 Å². The Labute approximate surface area is 193 Å². The van der Waals surface area contributed by atoms with Crippen LogP contribution in [-0.4, -0.2) is 30.1 Å². The van der Waals surface area contributed by atoms with Gasteiger partial charge in [0, 0.05) is 24.2 Å². The Balaban J connectivity index is 1.47. The number of carbonyl (C=O) groups is 1. The van der Waals surface area contributed by atoms with Crippen LogP contribution in [0.15, 0.2) is 78.9 Å². The monoisotopic (exact) mass is 462 g/mol. The highest BCUT2D eigenvalue weighted by Gasteiger charge is 2.15. The lowest BCUT2D eigenvalue weighted by molar-refractivity contribution is -0.121. The first-order valence-corrected chi connectivity index (χ1v) is 12.6. The Bertz CT molecular complexity index is 1380. The van der Waals surface area contributed by atoms with Crippen molar-refractivity contribution in [3.05, 3.63) is 90.3 Å². The van der Waals surface area contributed by atoms with E-state index in [9.17, 15) is 13.2 Å². The number of nitrogens with zero attached hydrogens (tertiary/aromatic N) is 2. The number of para-hydroxylation sites is 3. The van der Waals surface area contributed by atoms with Crippen molar-refractivity contribution in [3.63, 3.8) is 0 Å². The van der Waals surface area contributed by atoms with Gasteiger partial charge in [-0.2, -0.15) is 0 Å². The second-order valence-electron chi connectivity index (χ2n) is 7.98. The summed E-state index contributed by atoms with van der Waals surface area (Å²) in [5.41, 5.74) is 4.18. The topological polar surface area (TPSA) is 93.1 Å². The number of benzene rings is 3. The van der Waals surface area contributed by atoms with Crippen molar-refractivity contribution in [3.8, 4) is 5.69 Å². The van der Waals surface area contributed by atoms with Gasteiger partial charge in [-0.3, -0.25) is 14.1 Å².